The van der Waals surface area contributed by atoms with E-state index in [4.69, 9.17) is 20.4 Å². The zero-order valence-corrected chi connectivity index (χ0v) is 14.3. The molecule has 24 heavy (non-hydrogen) atoms. The summed E-state index contributed by atoms with van der Waals surface area (Å²) in [5, 5.41) is 9.97. The molecule has 8 nitrogen and oxygen atoms in total. The Kier molecular flexibility index (Phi) is 9.33. The fourth-order valence-electron chi connectivity index (χ4n) is 3.07. The number of primary amides is 1. The van der Waals surface area contributed by atoms with Crippen LogP contribution in [0.25, 0.3) is 0 Å². The van der Waals surface area contributed by atoms with Gasteiger partial charge in [0.15, 0.2) is 0 Å². The summed E-state index contributed by atoms with van der Waals surface area (Å²) >= 11 is 0. The number of carbonyl (C=O) groups is 3. The van der Waals surface area contributed by atoms with Gasteiger partial charge in [0.2, 0.25) is 11.8 Å². The van der Waals surface area contributed by atoms with E-state index in [2.05, 4.69) is 10.2 Å². The Balaban J connectivity index is 0.000000891. The van der Waals surface area contributed by atoms with Gasteiger partial charge in [-0.2, -0.15) is 0 Å². The Morgan fingerprint density at radius 1 is 1.29 bits per heavy atom. The minimum Gasteiger partial charge on any atom is -0.483 e. The van der Waals surface area contributed by atoms with Crippen LogP contribution < -0.4 is 11.1 Å². The molecule has 2 amide bonds. The highest BCUT2D eigenvalue weighted by Gasteiger charge is 2.26. The number of carbonyl (C=O) groups excluding carboxylic acids is 2. The first-order valence-corrected chi connectivity index (χ1v) is 8.46. The van der Waals surface area contributed by atoms with E-state index in [-0.39, 0.29) is 30.2 Å². The van der Waals surface area contributed by atoms with Gasteiger partial charge in [-0.15, -0.1) is 0 Å². The molecule has 8 heteroatoms. The van der Waals surface area contributed by atoms with Gasteiger partial charge in [0.05, 0.1) is 6.04 Å². The van der Waals surface area contributed by atoms with E-state index in [1.807, 2.05) is 6.92 Å². The number of hydrogen-bond acceptors (Lipinski definition) is 5. The van der Waals surface area contributed by atoms with Gasteiger partial charge in [-0.1, -0.05) is 0 Å². The SMILES string of the molecule is CC(C(N)=O)N1CCC(CNC(=O)C2CCOCC2)CC1.O=CO. The first-order chi connectivity index (χ1) is 11.5. The minimum absolute atomic E-state index is 0.119. The van der Waals surface area contributed by atoms with Crippen LogP contribution in [0.2, 0.25) is 0 Å². The van der Waals surface area contributed by atoms with Gasteiger partial charge in [0.25, 0.3) is 6.47 Å². The second-order valence-corrected chi connectivity index (χ2v) is 6.29. The third kappa shape index (κ3) is 6.84. The summed E-state index contributed by atoms with van der Waals surface area (Å²) in [5.74, 6) is 0.534. The predicted molar refractivity (Wildman–Crippen MR) is 88.2 cm³/mol. The van der Waals surface area contributed by atoms with E-state index >= 15 is 0 Å². The Bertz CT molecular complexity index is 405. The molecule has 0 spiro atoms. The van der Waals surface area contributed by atoms with Crippen molar-refractivity contribution >= 4 is 18.3 Å². The van der Waals surface area contributed by atoms with E-state index in [1.165, 1.54) is 0 Å². The van der Waals surface area contributed by atoms with Crippen molar-refractivity contribution in [2.45, 2.75) is 38.6 Å². The first-order valence-electron chi connectivity index (χ1n) is 8.46. The monoisotopic (exact) mass is 343 g/mol. The summed E-state index contributed by atoms with van der Waals surface area (Å²) in [4.78, 5) is 33.7. The molecule has 0 aliphatic carbocycles. The smallest absolute Gasteiger partial charge is 0.290 e. The molecular weight excluding hydrogens is 314 g/mol. The largest absolute Gasteiger partial charge is 0.483 e. The van der Waals surface area contributed by atoms with Gasteiger partial charge >= 0.3 is 0 Å². The van der Waals surface area contributed by atoms with Crippen LogP contribution in [0.5, 0.6) is 0 Å². The number of carboxylic acid groups (broad SMARTS) is 1. The number of likely N-dealkylation sites (tertiary alicyclic amines) is 1. The van der Waals surface area contributed by atoms with Crippen molar-refractivity contribution in [3.8, 4) is 0 Å². The number of amides is 2. The van der Waals surface area contributed by atoms with Crippen molar-refractivity contribution in [3.05, 3.63) is 0 Å². The summed E-state index contributed by atoms with van der Waals surface area (Å²) in [6.07, 6.45) is 3.68. The average Bonchev–Trinajstić information content (AvgIpc) is 2.61. The van der Waals surface area contributed by atoms with E-state index in [0.29, 0.717) is 19.1 Å². The van der Waals surface area contributed by atoms with Crippen LogP contribution in [0.15, 0.2) is 0 Å². The molecule has 2 saturated heterocycles. The molecule has 2 aliphatic heterocycles. The van der Waals surface area contributed by atoms with Crippen molar-refractivity contribution in [1.29, 1.82) is 0 Å². The number of ether oxygens (including phenoxy) is 1. The zero-order valence-electron chi connectivity index (χ0n) is 14.3. The molecule has 0 bridgehead atoms. The number of hydrogen-bond donors (Lipinski definition) is 3. The van der Waals surface area contributed by atoms with Gasteiger partial charge in [0, 0.05) is 25.7 Å². The van der Waals surface area contributed by atoms with E-state index in [0.717, 1.165) is 45.3 Å². The molecule has 2 fully saturated rings. The number of nitrogens with zero attached hydrogens (tertiary/aromatic N) is 1. The van der Waals surface area contributed by atoms with Crippen molar-refractivity contribution in [1.82, 2.24) is 10.2 Å². The van der Waals surface area contributed by atoms with Crippen LogP contribution >= 0.6 is 0 Å². The number of nitrogens with one attached hydrogen (secondary N) is 1. The Morgan fingerprint density at radius 2 is 1.83 bits per heavy atom. The molecule has 2 rings (SSSR count). The van der Waals surface area contributed by atoms with Crippen LogP contribution in [0.3, 0.4) is 0 Å². The lowest BCUT2D eigenvalue weighted by Gasteiger charge is -2.35. The third-order valence-corrected chi connectivity index (χ3v) is 4.77. The maximum atomic E-state index is 12.1. The molecule has 0 aromatic heterocycles. The molecule has 0 radical (unpaired) electrons. The van der Waals surface area contributed by atoms with Gasteiger partial charge in [-0.05, 0) is 51.6 Å². The molecular formula is C16H29N3O5. The molecule has 4 N–H and O–H groups in total. The van der Waals surface area contributed by atoms with Crippen LogP contribution in [0.1, 0.15) is 32.6 Å². The lowest BCUT2D eigenvalue weighted by molar-refractivity contribution is -0.128. The topological polar surface area (TPSA) is 122 Å². The Hall–Kier alpha value is -1.67. The van der Waals surface area contributed by atoms with Crippen molar-refractivity contribution in [2.75, 3.05) is 32.8 Å². The fraction of sp³-hybridized carbons (Fsp3) is 0.812. The lowest BCUT2D eigenvalue weighted by atomic mass is 9.94. The lowest BCUT2D eigenvalue weighted by Crippen LogP contribution is -2.48. The highest BCUT2D eigenvalue weighted by Crippen LogP contribution is 2.19. The van der Waals surface area contributed by atoms with Gasteiger partial charge in [-0.3, -0.25) is 19.3 Å². The number of piperidine rings is 1. The summed E-state index contributed by atoms with van der Waals surface area (Å²) in [6, 6.07) is -0.192. The van der Waals surface area contributed by atoms with Gasteiger partial charge in [0.1, 0.15) is 0 Å². The standard InChI is InChI=1S/C15H27N3O3.CH2O2/c1-11(14(16)19)18-6-2-12(3-7-18)10-17-15(20)13-4-8-21-9-5-13;2-1-3/h11-13H,2-10H2,1H3,(H2,16,19)(H,17,20);1H,(H,2,3). The summed E-state index contributed by atoms with van der Waals surface area (Å²) < 4.78 is 5.27. The van der Waals surface area contributed by atoms with Crippen molar-refractivity contribution in [3.63, 3.8) is 0 Å². The molecule has 0 aromatic rings. The third-order valence-electron chi connectivity index (χ3n) is 4.77. The summed E-state index contributed by atoms with van der Waals surface area (Å²) in [7, 11) is 0. The maximum Gasteiger partial charge on any atom is 0.290 e. The van der Waals surface area contributed by atoms with Crippen LogP contribution in [0.4, 0.5) is 0 Å². The molecule has 1 atom stereocenters. The van der Waals surface area contributed by atoms with Crippen LogP contribution in [-0.2, 0) is 19.1 Å². The van der Waals surface area contributed by atoms with E-state index in [1.54, 1.807) is 0 Å². The second kappa shape index (κ2) is 11.0. The normalized spacial score (nSPS) is 21.2. The van der Waals surface area contributed by atoms with E-state index < -0.39 is 0 Å². The molecule has 2 aliphatic rings. The number of rotatable bonds is 5. The summed E-state index contributed by atoms with van der Waals surface area (Å²) in [5.41, 5.74) is 5.33. The molecule has 1 unspecified atom stereocenters. The second-order valence-electron chi connectivity index (χ2n) is 6.29. The first kappa shape index (κ1) is 20.4. The van der Waals surface area contributed by atoms with Crippen LogP contribution in [0, 0.1) is 11.8 Å². The summed E-state index contributed by atoms with van der Waals surface area (Å²) in [6.45, 7) is 5.50. The molecule has 2 heterocycles. The van der Waals surface area contributed by atoms with E-state index in [9.17, 15) is 9.59 Å². The van der Waals surface area contributed by atoms with Crippen LogP contribution in [-0.4, -0.2) is 67.2 Å². The van der Waals surface area contributed by atoms with Crippen molar-refractivity contribution in [2.24, 2.45) is 17.6 Å². The van der Waals surface area contributed by atoms with Crippen molar-refractivity contribution < 1.29 is 24.2 Å². The predicted octanol–water partition coefficient (Wildman–Crippen LogP) is -0.184. The average molecular weight is 343 g/mol. The molecule has 0 saturated carbocycles. The molecule has 138 valence electrons. The quantitative estimate of drug-likeness (QED) is 0.595. The highest BCUT2D eigenvalue weighted by molar-refractivity contribution is 5.79. The molecule has 0 aromatic carbocycles. The maximum absolute atomic E-state index is 12.1. The number of nitrogens with two attached hydrogens (primary N) is 1. The minimum atomic E-state index is -0.263. The van der Waals surface area contributed by atoms with Gasteiger partial charge in [-0.25, -0.2) is 0 Å². The highest BCUT2D eigenvalue weighted by atomic mass is 16.5. The fourth-order valence-corrected chi connectivity index (χ4v) is 3.07. The Morgan fingerprint density at radius 3 is 2.33 bits per heavy atom. The Labute approximate surface area is 142 Å². The zero-order chi connectivity index (χ0) is 17.9. The van der Waals surface area contributed by atoms with Gasteiger partial charge < -0.3 is 20.9 Å².